The van der Waals surface area contributed by atoms with Crippen molar-refractivity contribution in [3.05, 3.63) is 15.6 Å². The molecule has 1 unspecified atom stereocenters. The topological polar surface area (TPSA) is 59.4 Å². The van der Waals surface area contributed by atoms with Gasteiger partial charge in [0.05, 0.1) is 5.69 Å². The monoisotopic (exact) mass is 227 g/mol. The lowest BCUT2D eigenvalue weighted by Gasteiger charge is -2.19. The maximum atomic E-state index is 10.9. The number of carboxylic acids is 1. The minimum Gasteiger partial charge on any atom is -0.477 e. The number of carboxylic acid groups (broad SMARTS) is 1. The van der Waals surface area contributed by atoms with Crippen LogP contribution in [0.1, 0.15) is 40.1 Å². The van der Waals surface area contributed by atoms with Crippen LogP contribution in [0.4, 0.5) is 0 Å². The Kier molecular flexibility index (Phi) is 2.52. The molecule has 1 aliphatic rings. The van der Waals surface area contributed by atoms with Crippen LogP contribution in [-0.2, 0) is 10.3 Å². The maximum Gasteiger partial charge on any atom is 0.347 e. The molecule has 0 spiro atoms. The van der Waals surface area contributed by atoms with Gasteiger partial charge in [0.15, 0.2) is 0 Å². The van der Waals surface area contributed by atoms with Gasteiger partial charge in [-0.05, 0) is 26.7 Å². The Morgan fingerprint density at radius 3 is 2.87 bits per heavy atom. The van der Waals surface area contributed by atoms with E-state index in [2.05, 4.69) is 4.98 Å². The second kappa shape index (κ2) is 3.57. The molecule has 1 aliphatic heterocycles. The fourth-order valence-corrected chi connectivity index (χ4v) is 2.80. The highest BCUT2D eigenvalue weighted by Gasteiger charge is 2.36. The lowest BCUT2D eigenvalue weighted by atomic mass is 10.0. The van der Waals surface area contributed by atoms with Crippen LogP contribution in [0.2, 0.25) is 0 Å². The van der Waals surface area contributed by atoms with Crippen molar-refractivity contribution in [1.82, 2.24) is 4.98 Å². The molecule has 1 N–H and O–H groups in total. The number of thiazole rings is 1. The average molecular weight is 227 g/mol. The van der Waals surface area contributed by atoms with Crippen molar-refractivity contribution in [3.8, 4) is 0 Å². The SMILES string of the molecule is Cc1nc(C2(C)CCCO2)sc1C(=O)O. The molecule has 0 saturated carbocycles. The smallest absolute Gasteiger partial charge is 0.347 e. The molecular weight excluding hydrogens is 214 g/mol. The second-order valence-electron chi connectivity index (χ2n) is 3.92. The molecule has 1 aromatic rings. The van der Waals surface area contributed by atoms with Gasteiger partial charge < -0.3 is 9.84 Å². The Morgan fingerprint density at radius 2 is 2.40 bits per heavy atom. The fraction of sp³-hybridized carbons (Fsp3) is 0.600. The summed E-state index contributed by atoms with van der Waals surface area (Å²) in [6, 6.07) is 0. The highest BCUT2D eigenvalue weighted by molar-refractivity contribution is 7.13. The summed E-state index contributed by atoms with van der Waals surface area (Å²) in [6.45, 7) is 4.43. The highest BCUT2D eigenvalue weighted by atomic mass is 32.1. The minimum atomic E-state index is -0.905. The molecule has 1 fully saturated rings. The molecule has 0 aliphatic carbocycles. The van der Waals surface area contributed by atoms with E-state index in [-0.39, 0.29) is 5.60 Å². The maximum absolute atomic E-state index is 10.9. The summed E-state index contributed by atoms with van der Waals surface area (Å²) in [6.07, 6.45) is 1.93. The predicted molar refractivity (Wildman–Crippen MR) is 56.3 cm³/mol. The second-order valence-corrected chi connectivity index (χ2v) is 4.92. The molecule has 4 nitrogen and oxygen atoms in total. The van der Waals surface area contributed by atoms with Crippen LogP contribution in [0.25, 0.3) is 0 Å². The van der Waals surface area contributed by atoms with Gasteiger partial charge in [0.2, 0.25) is 0 Å². The molecule has 1 aromatic heterocycles. The quantitative estimate of drug-likeness (QED) is 0.841. The van der Waals surface area contributed by atoms with Gasteiger partial charge >= 0.3 is 5.97 Å². The number of nitrogens with zero attached hydrogens (tertiary/aromatic N) is 1. The van der Waals surface area contributed by atoms with Crippen molar-refractivity contribution < 1.29 is 14.6 Å². The molecule has 15 heavy (non-hydrogen) atoms. The van der Waals surface area contributed by atoms with E-state index in [0.717, 1.165) is 24.5 Å². The Balaban J connectivity index is 2.37. The zero-order chi connectivity index (χ0) is 11.1. The third-order valence-corrected chi connectivity index (χ3v) is 4.05. The van der Waals surface area contributed by atoms with Crippen LogP contribution in [-0.4, -0.2) is 22.7 Å². The molecule has 0 aromatic carbocycles. The Bertz CT molecular complexity index is 393. The molecule has 2 rings (SSSR count). The number of rotatable bonds is 2. The first kappa shape index (κ1) is 10.6. The fourth-order valence-electron chi connectivity index (χ4n) is 1.77. The van der Waals surface area contributed by atoms with Crippen LogP contribution < -0.4 is 0 Å². The van der Waals surface area contributed by atoms with Gasteiger partial charge in [-0.2, -0.15) is 0 Å². The standard InChI is InChI=1S/C10H13NO3S/c1-6-7(8(12)13)15-9(11-6)10(2)4-3-5-14-10/h3-5H2,1-2H3,(H,12,13). The van der Waals surface area contributed by atoms with E-state index in [1.807, 2.05) is 6.92 Å². The molecule has 1 saturated heterocycles. The van der Waals surface area contributed by atoms with Gasteiger partial charge in [0.1, 0.15) is 15.5 Å². The van der Waals surface area contributed by atoms with Crippen LogP contribution in [0, 0.1) is 6.92 Å². The molecule has 2 heterocycles. The first-order valence-electron chi connectivity index (χ1n) is 4.88. The zero-order valence-corrected chi connectivity index (χ0v) is 9.56. The third kappa shape index (κ3) is 1.77. The number of ether oxygens (including phenoxy) is 1. The molecule has 82 valence electrons. The van der Waals surface area contributed by atoms with Gasteiger partial charge in [-0.3, -0.25) is 0 Å². The summed E-state index contributed by atoms with van der Waals surface area (Å²) < 4.78 is 5.63. The summed E-state index contributed by atoms with van der Waals surface area (Å²) in [5.41, 5.74) is 0.211. The van der Waals surface area contributed by atoms with Crippen molar-refractivity contribution in [3.63, 3.8) is 0 Å². The molecule has 1 atom stereocenters. The zero-order valence-electron chi connectivity index (χ0n) is 8.74. The van der Waals surface area contributed by atoms with Gasteiger partial charge in [-0.25, -0.2) is 9.78 Å². The summed E-state index contributed by atoms with van der Waals surface area (Å²) in [4.78, 5) is 15.5. The Hall–Kier alpha value is -0.940. The van der Waals surface area contributed by atoms with E-state index >= 15 is 0 Å². The summed E-state index contributed by atoms with van der Waals surface area (Å²) in [5, 5.41) is 9.72. The number of aromatic carboxylic acids is 1. The van der Waals surface area contributed by atoms with Crippen LogP contribution in [0.15, 0.2) is 0 Å². The van der Waals surface area contributed by atoms with E-state index < -0.39 is 5.97 Å². The number of hydrogen-bond donors (Lipinski definition) is 1. The lowest BCUT2D eigenvalue weighted by molar-refractivity contribution is 0.0166. The minimum absolute atomic E-state index is 0.321. The Labute approximate surface area is 91.9 Å². The Morgan fingerprint density at radius 1 is 1.67 bits per heavy atom. The van der Waals surface area contributed by atoms with Gasteiger partial charge in [-0.1, -0.05) is 0 Å². The largest absolute Gasteiger partial charge is 0.477 e. The number of carbonyl (C=O) groups is 1. The predicted octanol–water partition coefficient (Wildman–Crippen LogP) is 2.18. The van der Waals surface area contributed by atoms with Crippen molar-refractivity contribution in [2.75, 3.05) is 6.61 Å². The van der Waals surface area contributed by atoms with Crippen molar-refractivity contribution in [2.45, 2.75) is 32.3 Å². The van der Waals surface area contributed by atoms with Crippen molar-refractivity contribution >= 4 is 17.3 Å². The first-order chi connectivity index (χ1) is 7.03. The number of hydrogen-bond acceptors (Lipinski definition) is 4. The van der Waals surface area contributed by atoms with E-state index in [9.17, 15) is 4.79 Å². The third-order valence-electron chi connectivity index (χ3n) is 2.66. The normalized spacial score (nSPS) is 25.7. The number of aryl methyl sites for hydroxylation is 1. The number of aromatic nitrogens is 1. The molecule has 0 bridgehead atoms. The van der Waals surface area contributed by atoms with E-state index in [4.69, 9.17) is 9.84 Å². The lowest BCUT2D eigenvalue weighted by Crippen LogP contribution is -2.19. The molecule has 0 radical (unpaired) electrons. The van der Waals surface area contributed by atoms with Crippen molar-refractivity contribution in [1.29, 1.82) is 0 Å². The van der Waals surface area contributed by atoms with Crippen molar-refractivity contribution in [2.24, 2.45) is 0 Å². The first-order valence-corrected chi connectivity index (χ1v) is 5.70. The molecule has 5 heteroatoms. The van der Waals surface area contributed by atoms with E-state index in [1.165, 1.54) is 11.3 Å². The van der Waals surface area contributed by atoms with E-state index in [1.54, 1.807) is 6.92 Å². The van der Waals surface area contributed by atoms with Crippen LogP contribution in [0.5, 0.6) is 0 Å². The summed E-state index contributed by atoms with van der Waals surface area (Å²) >= 11 is 1.23. The van der Waals surface area contributed by atoms with Crippen LogP contribution >= 0.6 is 11.3 Å². The summed E-state index contributed by atoms with van der Waals surface area (Å²) in [5.74, 6) is -0.905. The van der Waals surface area contributed by atoms with Gasteiger partial charge in [-0.15, -0.1) is 11.3 Å². The van der Waals surface area contributed by atoms with Crippen LogP contribution in [0.3, 0.4) is 0 Å². The molecule has 0 amide bonds. The van der Waals surface area contributed by atoms with Gasteiger partial charge in [0.25, 0.3) is 0 Å². The summed E-state index contributed by atoms with van der Waals surface area (Å²) in [7, 11) is 0. The highest BCUT2D eigenvalue weighted by Crippen LogP contribution is 2.38. The molecular formula is C10H13NO3S. The van der Waals surface area contributed by atoms with Gasteiger partial charge in [0, 0.05) is 6.61 Å². The van der Waals surface area contributed by atoms with E-state index in [0.29, 0.717) is 10.6 Å². The average Bonchev–Trinajstić information content (AvgIpc) is 2.72.